The Kier molecular flexibility index (Phi) is 4.46. The van der Waals surface area contributed by atoms with Crippen LogP contribution in [0.3, 0.4) is 0 Å². The van der Waals surface area contributed by atoms with Crippen LogP contribution in [0.15, 0.2) is 36.4 Å². The molecule has 3 heterocycles. The number of aromatic nitrogens is 1. The normalized spacial score (nSPS) is 32.6. The van der Waals surface area contributed by atoms with Crippen LogP contribution >= 0.6 is 0 Å². The smallest absolute Gasteiger partial charge is 0.166 e. The standard InChI is InChI=1S/C27H30N2O3.ClH/c1-4-12-29-13-11-26-22-16-9-10-20(30)24(22)32-25(26)23-18(15-27(26,31-3)21(29)14-16)17-7-5-6-8-19(17)28(23)2;/h5-10,21,25,30H,4,11-15H2,1-3H3;1H/t21-,25-,26-,27+;/m0./s1. The molecule has 2 N–H and O–H groups in total. The van der Waals surface area contributed by atoms with E-state index in [0.717, 1.165) is 25.8 Å². The van der Waals surface area contributed by atoms with Gasteiger partial charge in [-0.25, -0.2) is 0 Å². The number of halogens is 1. The highest BCUT2D eigenvalue weighted by atomic mass is 35.5. The van der Waals surface area contributed by atoms with Crippen molar-refractivity contribution in [3.63, 3.8) is 0 Å². The Morgan fingerprint density at radius 3 is 2.85 bits per heavy atom. The van der Waals surface area contributed by atoms with Crippen LogP contribution < -0.4 is 22.0 Å². The summed E-state index contributed by atoms with van der Waals surface area (Å²) < 4.78 is 15.9. The van der Waals surface area contributed by atoms with Gasteiger partial charge in [0.25, 0.3) is 0 Å². The van der Waals surface area contributed by atoms with Crippen LogP contribution in [0, 0.1) is 0 Å². The average Bonchev–Trinajstić information content (AvgIpc) is 3.29. The molecule has 0 saturated carbocycles. The van der Waals surface area contributed by atoms with E-state index in [0.29, 0.717) is 11.8 Å². The van der Waals surface area contributed by atoms with Crippen LogP contribution in [-0.2, 0) is 30.0 Å². The Hall–Kier alpha value is -2.21. The first-order chi connectivity index (χ1) is 15.6. The molecule has 1 fully saturated rings. The van der Waals surface area contributed by atoms with Crippen molar-refractivity contribution < 1.29 is 31.9 Å². The van der Waals surface area contributed by atoms with E-state index < -0.39 is 0 Å². The number of quaternary nitrogens is 1. The molecule has 1 aromatic heterocycles. The van der Waals surface area contributed by atoms with E-state index in [1.807, 2.05) is 13.2 Å². The van der Waals surface area contributed by atoms with E-state index in [1.54, 1.807) is 4.90 Å². The lowest BCUT2D eigenvalue weighted by molar-refractivity contribution is -0.942. The van der Waals surface area contributed by atoms with E-state index in [1.165, 1.54) is 46.3 Å². The number of hydrogen-bond acceptors (Lipinski definition) is 3. The number of methoxy groups -OCH3 is 1. The second-order valence-electron chi connectivity index (χ2n) is 10.3. The minimum Gasteiger partial charge on any atom is -1.00 e. The average molecular weight is 467 g/mol. The number of phenolic OH excluding ortho intramolecular Hbond substituents is 1. The number of benzene rings is 2. The molecule has 4 aliphatic rings. The number of nitrogens with zero attached hydrogens (tertiary/aromatic N) is 1. The summed E-state index contributed by atoms with van der Waals surface area (Å²) in [6.07, 6.45) is 3.92. The second-order valence-corrected chi connectivity index (χ2v) is 10.3. The van der Waals surface area contributed by atoms with Crippen molar-refractivity contribution >= 4 is 10.9 Å². The van der Waals surface area contributed by atoms with E-state index in [-0.39, 0.29) is 35.3 Å². The Bertz CT molecular complexity index is 1290. The molecule has 1 unspecified atom stereocenters. The Balaban J connectivity index is 0.00000206. The SMILES string of the molecule is CCC[NH+]1CC[C@]23c4c5ccc(O)c4O[C@H]2c2c(c4ccccc4n2C)C[C@@]3(OC)[C@@H]1C5.[Cl-]. The number of hydrogen-bond donors (Lipinski definition) is 2. The van der Waals surface area contributed by atoms with Crippen LogP contribution in [0.1, 0.15) is 48.3 Å². The quantitative estimate of drug-likeness (QED) is 0.563. The number of phenols is 1. The summed E-state index contributed by atoms with van der Waals surface area (Å²) in [4.78, 5) is 1.66. The maximum atomic E-state index is 10.9. The van der Waals surface area contributed by atoms with Gasteiger partial charge in [0.1, 0.15) is 11.6 Å². The van der Waals surface area contributed by atoms with Gasteiger partial charge >= 0.3 is 0 Å². The molecule has 2 aliphatic heterocycles. The molecule has 1 saturated heterocycles. The number of aromatic hydroxyl groups is 1. The molecule has 2 aromatic carbocycles. The topological polar surface area (TPSA) is 48.1 Å². The van der Waals surface area contributed by atoms with Crippen molar-refractivity contribution in [3.8, 4) is 11.5 Å². The summed E-state index contributed by atoms with van der Waals surface area (Å²) >= 11 is 0. The van der Waals surface area contributed by atoms with Gasteiger partial charge in [-0.1, -0.05) is 31.2 Å². The Morgan fingerprint density at radius 2 is 2.06 bits per heavy atom. The van der Waals surface area contributed by atoms with Crippen LogP contribution in [0.4, 0.5) is 0 Å². The summed E-state index contributed by atoms with van der Waals surface area (Å²) in [5.41, 5.74) is 5.84. The molecule has 7 rings (SSSR count). The van der Waals surface area contributed by atoms with E-state index in [4.69, 9.17) is 9.47 Å². The van der Waals surface area contributed by atoms with Crippen molar-refractivity contribution in [3.05, 3.63) is 58.8 Å². The largest absolute Gasteiger partial charge is 1.00 e. The second kappa shape index (κ2) is 6.91. The zero-order chi connectivity index (χ0) is 21.8. The lowest BCUT2D eigenvalue weighted by Gasteiger charge is -2.62. The number of ether oxygens (including phenoxy) is 2. The zero-order valence-corrected chi connectivity index (χ0v) is 20.2. The van der Waals surface area contributed by atoms with Gasteiger partial charge in [-0.05, 0) is 29.7 Å². The molecule has 2 aliphatic carbocycles. The minimum atomic E-state index is -0.344. The van der Waals surface area contributed by atoms with Crippen LogP contribution in [0.2, 0.25) is 0 Å². The van der Waals surface area contributed by atoms with Gasteiger partial charge in [-0.3, -0.25) is 0 Å². The fourth-order valence-electron chi connectivity index (χ4n) is 8.20. The maximum absolute atomic E-state index is 10.9. The minimum absolute atomic E-state index is 0. The maximum Gasteiger partial charge on any atom is 0.166 e. The summed E-state index contributed by atoms with van der Waals surface area (Å²) in [7, 11) is 4.09. The van der Waals surface area contributed by atoms with Crippen LogP contribution in [-0.4, -0.2) is 41.5 Å². The lowest BCUT2D eigenvalue weighted by atomic mass is 9.48. The van der Waals surface area contributed by atoms with Crippen molar-refractivity contribution in [2.75, 3.05) is 20.2 Å². The van der Waals surface area contributed by atoms with Gasteiger partial charge in [0.05, 0.1) is 24.2 Å². The molecule has 174 valence electrons. The van der Waals surface area contributed by atoms with Crippen molar-refractivity contribution in [2.45, 2.75) is 55.8 Å². The van der Waals surface area contributed by atoms with Gasteiger partial charge in [0.15, 0.2) is 17.6 Å². The Labute approximate surface area is 200 Å². The van der Waals surface area contributed by atoms with Gasteiger partial charge in [-0.2, -0.15) is 0 Å². The highest BCUT2D eigenvalue weighted by molar-refractivity contribution is 5.87. The molecule has 0 radical (unpaired) electrons. The molecular formula is C27H31ClN2O3. The first kappa shape index (κ1) is 21.3. The van der Waals surface area contributed by atoms with Gasteiger partial charge < -0.3 is 36.5 Å². The van der Waals surface area contributed by atoms with E-state index in [2.05, 4.69) is 48.9 Å². The number of rotatable bonds is 3. The number of aryl methyl sites for hydroxylation is 1. The molecule has 5 nitrogen and oxygen atoms in total. The fraction of sp³-hybridized carbons (Fsp3) is 0.481. The first-order valence-electron chi connectivity index (χ1n) is 12.0. The molecule has 2 bridgehead atoms. The molecular weight excluding hydrogens is 436 g/mol. The third-order valence-electron chi connectivity index (χ3n) is 9.31. The summed E-state index contributed by atoms with van der Waals surface area (Å²) in [6, 6.07) is 13.1. The zero-order valence-electron chi connectivity index (χ0n) is 19.5. The predicted molar refractivity (Wildman–Crippen MR) is 123 cm³/mol. The van der Waals surface area contributed by atoms with Gasteiger partial charge in [-0.15, -0.1) is 0 Å². The van der Waals surface area contributed by atoms with Gasteiger partial charge in [0.2, 0.25) is 0 Å². The fourth-order valence-corrected chi connectivity index (χ4v) is 8.20. The number of likely N-dealkylation sites (tertiary alicyclic amines) is 1. The molecule has 1 spiro atoms. The monoisotopic (exact) mass is 466 g/mol. The van der Waals surface area contributed by atoms with Gasteiger partial charge in [0, 0.05) is 49.9 Å². The summed E-state index contributed by atoms with van der Waals surface area (Å²) in [6.45, 7) is 4.58. The van der Waals surface area contributed by atoms with Crippen molar-refractivity contribution in [1.29, 1.82) is 0 Å². The highest BCUT2D eigenvalue weighted by Gasteiger charge is 2.75. The van der Waals surface area contributed by atoms with E-state index >= 15 is 0 Å². The molecule has 33 heavy (non-hydrogen) atoms. The predicted octanol–water partition coefficient (Wildman–Crippen LogP) is -0.176. The van der Waals surface area contributed by atoms with E-state index in [9.17, 15) is 5.11 Å². The summed E-state index contributed by atoms with van der Waals surface area (Å²) in [5, 5.41) is 12.2. The molecule has 3 aromatic rings. The highest BCUT2D eigenvalue weighted by Crippen LogP contribution is 2.68. The van der Waals surface area contributed by atoms with Crippen molar-refractivity contribution in [1.82, 2.24) is 4.57 Å². The lowest BCUT2D eigenvalue weighted by Crippen LogP contribution is -3.21. The van der Waals surface area contributed by atoms with Crippen molar-refractivity contribution in [2.24, 2.45) is 7.05 Å². The number of nitrogens with one attached hydrogen (secondary N) is 1. The summed E-state index contributed by atoms with van der Waals surface area (Å²) in [5.74, 6) is 0.962. The van der Waals surface area contributed by atoms with Crippen LogP contribution in [0.5, 0.6) is 11.5 Å². The molecule has 6 heteroatoms. The third-order valence-corrected chi connectivity index (χ3v) is 9.31. The molecule has 0 amide bonds. The number of para-hydroxylation sites is 1. The number of fused-ring (bicyclic) bond motifs is 4. The Morgan fingerprint density at radius 1 is 1.24 bits per heavy atom. The first-order valence-corrected chi connectivity index (χ1v) is 12.0. The third kappa shape index (κ3) is 2.22. The number of piperidine rings is 1. The van der Waals surface area contributed by atoms with Crippen LogP contribution in [0.25, 0.3) is 10.9 Å². The molecule has 5 atom stereocenters.